The molecule has 1 aromatic carbocycles. The number of rotatable bonds is 3. The molecule has 64 valence electrons. The van der Waals surface area contributed by atoms with Crippen molar-refractivity contribution >= 4 is 0 Å². The van der Waals surface area contributed by atoms with Crippen LogP contribution in [0.1, 0.15) is 6.92 Å². The van der Waals surface area contributed by atoms with Crippen molar-refractivity contribution < 1.29 is 9.84 Å². The van der Waals surface area contributed by atoms with Gasteiger partial charge in [0.15, 0.2) is 0 Å². The largest absolute Gasteiger partial charge is 0.508 e. The van der Waals surface area contributed by atoms with Gasteiger partial charge in [0.05, 0.1) is 0 Å². The molecular formula is C10H12O2. The average molecular weight is 164 g/mol. The Morgan fingerprint density at radius 3 is 2.50 bits per heavy atom. The molecule has 0 aliphatic carbocycles. The van der Waals surface area contributed by atoms with Crippen LogP contribution in [0.15, 0.2) is 36.4 Å². The number of hydrogen-bond donors (Lipinski definition) is 1. The third kappa shape index (κ3) is 2.66. The van der Waals surface area contributed by atoms with Crippen LogP contribution in [0.25, 0.3) is 0 Å². The molecule has 0 bridgehead atoms. The summed E-state index contributed by atoms with van der Waals surface area (Å²) in [6.07, 6.45) is 0. The zero-order chi connectivity index (χ0) is 8.97. The van der Waals surface area contributed by atoms with Gasteiger partial charge in [0.25, 0.3) is 0 Å². The fourth-order valence-corrected chi connectivity index (χ4v) is 0.749. The van der Waals surface area contributed by atoms with E-state index in [1.54, 1.807) is 24.3 Å². The minimum Gasteiger partial charge on any atom is -0.508 e. The maximum Gasteiger partial charge on any atom is 0.120 e. The lowest BCUT2D eigenvalue weighted by Crippen LogP contribution is -1.96. The van der Waals surface area contributed by atoms with Crippen LogP contribution in [0.3, 0.4) is 0 Å². The molecule has 0 saturated carbocycles. The van der Waals surface area contributed by atoms with Crippen LogP contribution in [-0.2, 0) is 0 Å². The topological polar surface area (TPSA) is 29.5 Å². The molecule has 12 heavy (non-hydrogen) atoms. The van der Waals surface area contributed by atoms with E-state index >= 15 is 0 Å². The van der Waals surface area contributed by atoms with Gasteiger partial charge in [-0.05, 0) is 36.8 Å². The van der Waals surface area contributed by atoms with Gasteiger partial charge < -0.3 is 9.84 Å². The summed E-state index contributed by atoms with van der Waals surface area (Å²) in [5.74, 6) is 0.994. The Hall–Kier alpha value is -1.44. The van der Waals surface area contributed by atoms with Gasteiger partial charge in [-0.25, -0.2) is 0 Å². The van der Waals surface area contributed by atoms with Crippen molar-refractivity contribution in [3.63, 3.8) is 0 Å². The van der Waals surface area contributed by atoms with Crippen LogP contribution in [0, 0.1) is 0 Å². The summed E-state index contributed by atoms with van der Waals surface area (Å²) in [6, 6.07) is 6.62. The molecule has 0 aliphatic rings. The molecule has 1 rings (SSSR count). The smallest absolute Gasteiger partial charge is 0.120 e. The Morgan fingerprint density at radius 2 is 2.00 bits per heavy atom. The Morgan fingerprint density at radius 1 is 1.42 bits per heavy atom. The second-order valence-electron chi connectivity index (χ2n) is 2.74. The molecule has 0 radical (unpaired) electrons. The number of hydrogen-bond acceptors (Lipinski definition) is 2. The first-order chi connectivity index (χ1) is 5.68. The summed E-state index contributed by atoms with van der Waals surface area (Å²) in [5.41, 5.74) is 0.975. The molecule has 0 saturated heterocycles. The number of benzene rings is 1. The molecule has 0 unspecified atom stereocenters. The normalized spacial score (nSPS) is 9.42. The van der Waals surface area contributed by atoms with E-state index in [9.17, 15) is 0 Å². The summed E-state index contributed by atoms with van der Waals surface area (Å²) >= 11 is 0. The minimum atomic E-state index is 0.248. The van der Waals surface area contributed by atoms with Crippen LogP contribution >= 0.6 is 0 Å². The fourth-order valence-electron chi connectivity index (χ4n) is 0.749. The summed E-state index contributed by atoms with van der Waals surface area (Å²) in [5, 5.41) is 8.96. The van der Waals surface area contributed by atoms with Gasteiger partial charge in [-0.3, -0.25) is 0 Å². The van der Waals surface area contributed by atoms with E-state index in [2.05, 4.69) is 6.58 Å². The molecule has 1 N–H and O–H groups in total. The quantitative estimate of drug-likeness (QED) is 0.695. The van der Waals surface area contributed by atoms with Gasteiger partial charge in [0, 0.05) is 0 Å². The zero-order valence-electron chi connectivity index (χ0n) is 7.08. The second kappa shape index (κ2) is 3.81. The molecule has 0 spiro atoms. The first kappa shape index (κ1) is 8.65. The lowest BCUT2D eigenvalue weighted by Gasteiger charge is -2.04. The van der Waals surface area contributed by atoms with Crippen molar-refractivity contribution in [2.45, 2.75) is 6.92 Å². The second-order valence-corrected chi connectivity index (χ2v) is 2.74. The van der Waals surface area contributed by atoms with E-state index in [0.717, 1.165) is 11.3 Å². The summed E-state index contributed by atoms with van der Waals surface area (Å²) in [7, 11) is 0. The third-order valence-electron chi connectivity index (χ3n) is 1.32. The highest BCUT2D eigenvalue weighted by Crippen LogP contribution is 2.16. The maximum absolute atomic E-state index is 8.96. The summed E-state index contributed by atoms with van der Waals surface area (Å²) in [4.78, 5) is 0. The first-order valence-corrected chi connectivity index (χ1v) is 3.74. The van der Waals surface area contributed by atoms with Gasteiger partial charge in [-0.2, -0.15) is 0 Å². The molecule has 2 heteroatoms. The number of phenolic OH excluding ortho intramolecular Hbond substituents is 1. The molecular weight excluding hydrogens is 152 g/mol. The van der Waals surface area contributed by atoms with Crippen molar-refractivity contribution in [2.24, 2.45) is 0 Å². The maximum atomic E-state index is 8.96. The number of ether oxygens (including phenoxy) is 1. The van der Waals surface area contributed by atoms with Gasteiger partial charge in [0.2, 0.25) is 0 Å². The van der Waals surface area contributed by atoms with E-state index in [-0.39, 0.29) is 5.75 Å². The molecule has 0 aromatic heterocycles. The van der Waals surface area contributed by atoms with Crippen molar-refractivity contribution in [1.82, 2.24) is 0 Å². The van der Waals surface area contributed by atoms with Crippen molar-refractivity contribution in [3.05, 3.63) is 36.4 Å². The average Bonchev–Trinajstić information content (AvgIpc) is 2.03. The molecule has 0 fully saturated rings. The van der Waals surface area contributed by atoms with Crippen molar-refractivity contribution in [1.29, 1.82) is 0 Å². The SMILES string of the molecule is C=C(C)COc1ccc(O)cc1. The summed E-state index contributed by atoms with van der Waals surface area (Å²) < 4.78 is 5.31. The number of phenols is 1. The molecule has 0 atom stereocenters. The highest BCUT2D eigenvalue weighted by atomic mass is 16.5. The summed E-state index contributed by atoms with van der Waals surface area (Å²) in [6.45, 7) is 6.14. The van der Waals surface area contributed by atoms with Crippen LogP contribution in [0.4, 0.5) is 0 Å². The molecule has 0 amide bonds. The van der Waals surface area contributed by atoms with Crippen LogP contribution in [-0.4, -0.2) is 11.7 Å². The van der Waals surface area contributed by atoms with E-state index in [1.165, 1.54) is 0 Å². The van der Waals surface area contributed by atoms with Gasteiger partial charge >= 0.3 is 0 Å². The third-order valence-corrected chi connectivity index (χ3v) is 1.32. The van der Waals surface area contributed by atoms with Gasteiger partial charge in [-0.15, -0.1) is 0 Å². The molecule has 0 aliphatic heterocycles. The Kier molecular flexibility index (Phi) is 2.75. The van der Waals surface area contributed by atoms with Gasteiger partial charge in [0.1, 0.15) is 18.1 Å². The van der Waals surface area contributed by atoms with Crippen LogP contribution in [0.2, 0.25) is 0 Å². The van der Waals surface area contributed by atoms with E-state index in [0.29, 0.717) is 6.61 Å². The minimum absolute atomic E-state index is 0.248. The monoisotopic (exact) mass is 164 g/mol. The standard InChI is InChI=1S/C10H12O2/c1-8(2)7-12-10-5-3-9(11)4-6-10/h3-6,11H,1,7H2,2H3. The lowest BCUT2D eigenvalue weighted by atomic mass is 10.3. The Balaban J connectivity index is 2.53. The van der Waals surface area contributed by atoms with Crippen molar-refractivity contribution in [2.75, 3.05) is 6.61 Å². The fraction of sp³-hybridized carbons (Fsp3) is 0.200. The predicted octanol–water partition coefficient (Wildman–Crippen LogP) is 2.35. The highest BCUT2D eigenvalue weighted by Gasteiger charge is 1.92. The van der Waals surface area contributed by atoms with Gasteiger partial charge in [-0.1, -0.05) is 6.58 Å². The number of aromatic hydroxyl groups is 1. The van der Waals surface area contributed by atoms with Crippen LogP contribution < -0.4 is 4.74 Å². The van der Waals surface area contributed by atoms with E-state index < -0.39 is 0 Å². The molecule has 2 nitrogen and oxygen atoms in total. The van der Waals surface area contributed by atoms with E-state index in [4.69, 9.17) is 9.84 Å². The predicted molar refractivity (Wildman–Crippen MR) is 48.4 cm³/mol. The van der Waals surface area contributed by atoms with E-state index in [1.807, 2.05) is 6.92 Å². The van der Waals surface area contributed by atoms with Crippen LogP contribution in [0.5, 0.6) is 11.5 Å². The van der Waals surface area contributed by atoms with Crippen molar-refractivity contribution in [3.8, 4) is 11.5 Å². The molecule has 1 aromatic rings. The molecule has 0 heterocycles. The Bertz CT molecular complexity index is 262. The zero-order valence-corrected chi connectivity index (χ0v) is 7.08. The lowest BCUT2D eigenvalue weighted by molar-refractivity contribution is 0.352. The highest BCUT2D eigenvalue weighted by molar-refractivity contribution is 5.30. The first-order valence-electron chi connectivity index (χ1n) is 3.74. The Labute approximate surface area is 72.1 Å².